The van der Waals surface area contributed by atoms with Gasteiger partial charge in [-0.15, -0.1) is 0 Å². The fraction of sp³-hybridized carbons (Fsp3) is 0.318. The van der Waals surface area contributed by atoms with Crippen molar-refractivity contribution in [3.8, 4) is 17.2 Å². The Morgan fingerprint density at radius 3 is 2.21 bits per heavy atom. The highest BCUT2D eigenvalue weighted by molar-refractivity contribution is 5.41. The minimum Gasteiger partial charge on any atom is -0.497 e. The molecule has 6 nitrogen and oxygen atoms in total. The summed E-state index contributed by atoms with van der Waals surface area (Å²) in [6.45, 7) is 3.33. The molecule has 28 heavy (non-hydrogen) atoms. The highest BCUT2D eigenvalue weighted by atomic mass is 16.5. The van der Waals surface area contributed by atoms with E-state index in [1.165, 1.54) is 0 Å². The van der Waals surface area contributed by atoms with Crippen molar-refractivity contribution in [3.05, 3.63) is 71.8 Å². The molecule has 0 saturated carbocycles. The first kappa shape index (κ1) is 19.8. The number of benzene rings is 2. The van der Waals surface area contributed by atoms with Gasteiger partial charge in [0.2, 0.25) is 0 Å². The molecule has 0 amide bonds. The van der Waals surface area contributed by atoms with Crippen LogP contribution in [0.25, 0.3) is 0 Å². The molecule has 0 radical (unpaired) electrons. The number of nitrogens with one attached hydrogen (secondary N) is 1. The number of hydrogen-bond donors (Lipinski definition) is 1. The molecule has 0 aliphatic heterocycles. The van der Waals surface area contributed by atoms with Crippen molar-refractivity contribution in [1.82, 2.24) is 14.9 Å². The standard InChI is InChI=1S/C22H27N3O3/c1-5-28-18-8-6-16(7-9-18)15-24-21(22-23-10-11-25(22)2)17-12-19(26-3)14-20(13-17)27-4/h6-14,21,24H,5,15H2,1-4H3. The van der Waals surface area contributed by atoms with Crippen molar-refractivity contribution in [1.29, 1.82) is 0 Å². The number of imidazole rings is 1. The van der Waals surface area contributed by atoms with E-state index in [0.29, 0.717) is 13.2 Å². The smallest absolute Gasteiger partial charge is 0.130 e. The normalized spacial score (nSPS) is 11.9. The maximum absolute atomic E-state index is 5.52. The van der Waals surface area contributed by atoms with E-state index in [-0.39, 0.29) is 6.04 Å². The highest BCUT2D eigenvalue weighted by Crippen LogP contribution is 2.29. The topological polar surface area (TPSA) is 57.5 Å². The second-order valence-electron chi connectivity index (χ2n) is 6.43. The third-order valence-electron chi connectivity index (χ3n) is 4.57. The maximum Gasteiger partial charge on any atom is 0.130 e. The SMILES string of the molecule is CCOc1ccc(CNC(c2cc(OC)cc(OC)c2)c2nccn2C)cc1. The predicted molar refractivity (Wildman–Crippen MR) is 109 cm³/mol. The monoisotopic (exact) mass is 381 g/mol. The lowest BCUT2D eigenvalue weighted by Crippen LogP contribution is -2.25. The summed E-state index contributed by atoms with van der Waals surface area (Å²) in [4.78, 5) is 4.55. The summed E-state index contributed by atoms with van der Waals surface area (Å²) in [7, 11) is 5.30. The average Bonchev–Trinajstić information content (AvgIpc) is 3.15. The Balaban J connectivity index is 1.87. The van der Waals surface area contributed by atoms with Crippen LogP contribution in [0, 0.1) is 0 Å². The Morgan fingerprint density at radius 2 is 1.68 bits per heavy atom. The minimum atomic E-state index is -0.115. The van der Waals surface area contributed by atoms with Crippen LogP contribution in [-0.2, 0) is 13.6 Å². The molecule has 2 aromatic carbocycles. The zero-order chi connectivity index (χ0) is 19.9. The molecule has 3 rings (SSSR count). The maximum atomic E-state index is 5.52. The highest BCUT2D eigenvalue weighted by Gasteiger charge is 2.20. The number of aryl methyl sites for hydroxylation is 1. The van der Waals surface area contributed by atoms with Gasteiger partial charge >= 0.3 is 0 Å². The predicted octanol–water partition coefficient (Wildman–Crippen LogP) is 3.72. The second-order valence-corrected chi connectivity index (χ2v) is 6.43. The van der Waals surface area contributed by atoms with Gasteiger partial charge in [-0.05, 0) is 42.3 Å². The molecular formula is C22H27N3O3. The van der Waals surface area contributed by atoms with E-state index in [4.69, 9.17) is 14.2 Å². The van der Waals surface area contributed by atoms with Crippen molar-refractivity contribution in [3.63, 3.8) is 0 Å². The van der Waals surface area contributed by atoms with E-state index in [0.717, 1.165) is 34.2 Å². The lowest BCUT2D eigenvalue weighted by molar-refractivity contribution is 0.340. The Morgan fingerprint density at radius 1 is 1.00 bits per heavy atom. The van der Waals surface area contributed by atoms with E-state index in [9.17, 15) is 0 Å². The fourth-order valence-corrected chi connectivity index (χ4v) is 3.10. The van der Waals surface area contributed by atoms with Gasteiger partial charge in [-0.2, -0.15) is 0 Å². The van der Waals surface area contributed by atoms with Crippen molar-refractivity contribution < 1.29 is 14.2 Å². The van der Waals surface area contributed by atoms with Crippen LogP contribution in [0.1, 0.15) is 29.9 Å². The van der Waals surface area contributed by atoms with Crippen molar-refractivity contribution in [2.75, 3.05) is 20.8 Å². The van der Waals surface area contributed by atoms with Gasteiger partial charge in [-0.3, -0.25) is 5.32 Å². The Kier molecular flexibility index (Phi) is 6.55. The summed E-state index contributed by atoms with van der Waals surface area (Å²) in [5, 5.41) is 3.61. The molecule has 0 fully saturated rings. The van der Waals surface area contributed by atoms with Gasteiger partial charge in [0.15, 0.2) is 0 Å². The molecule has 0 spiro atoms. The second kappa shape index (κ2) is 9.28. The van der Waals surface area contributed by atoms with Crippen LogP contribution in [-0.4, -0.2) is 30.4 Å². The molecule has 0 bridgehead atoms. The molecule has 1 heterocycles. The van der Waals surface area contributed by atoms with Crippen molar-refractivity contribution >= 4 is 0 Å². The summed E-state index contributed by atoms with van der Waals surface area (Å²) in [5.41, 5.74) is 2.19. The molecule has 1 atom stereocenters. The number of nitrogens with zero attached hydrogens (tertiary/aromatic N) is 2. The van der Waals surface area contributed by atoms with Crippen molar-refractivity contribution in [2.24, 2.45) is 7.05 Å². The van der Waals surface area contributed by atoms with E-state index in [2.05, 4.69) is 22.4 Å². The van der Waals surface area contributed by atoms with Crippen LogP contribution >= 0.6 is 0 Å². The summed E-state index contributed by atoms with van der Waals surface area (Å²) in [6, 6.07) is 13.9. The zero-order valence-corrected chi connectivity index (χ0v) is 16.8. The molecule has 6 heteroatoms. The van der Waals surface area contributed by atoms with E-state index < -0.39 is 0 Å². The molecule has 3 aromatic rings. The third kappa shape index (κ3) is 4.64. The number of methoxy groups -OCH3 is 2. The first-order valence-corrected chi connectivity index (χ1v) is 9.30. The van der Waals surface area contributed by atoms with Crippen LogP contribution in [0.3, 0.4) is 0 Å². The summed E-state index contributed by atoms with van der Waals surface area (Å²) in [6.07, 6.45) is 3.75. The Bertz CT molecular complexity index is 868. The molecule has 1 N–H and O–H groups in total. The lowest BCUT2D eigenvalue weighted by Gasteiger charge is -2.21. The Labute approximate surface area is 166 Å². The number of hydrogen-bond acceptors (Lipinski definition) is 5. The molecule has 0 aliphatic carbocycles. The van der Waals surface area contributed by atoms with Gasteiger partial charge in [0.25, 0.3) is 0 Å². The minimum absolute atomic E-state index is 0.115. The zero-order valence-electron chi connectivity index (χ0n) is 16.8. The van der Waals surface area contributed by atoms with Crippen LogP contribution in [0.5, 0.6) is 17.2 Å². The van der Waals surface area contributed by atoms with Gasteiger partial charge < -0.3 is 18.8 Å². The molecule has 0 aliphatic rings. The third-order valence-corrected chi connectivity index (χ3v) is 4.57. The van der Waals surface area contributed by atoms with Crippen molar-refractivity contribution in [2.45, 2.75) is 19.5 Å². The Hall–Kier alpha value is -2.99. The van der Waals surface area contributed by atoms with E-state index in [1.54, 1.807) is 20.4 Å². The first-order valence-electron chi connectivity index (χ1n) is 9.30. The molecule has 1 unspecified atom stereocenters. The number of aromatic nitrogens is 2. The van der Waals surface area contributed by atoms with Crippen LogP contribution in [0.2, 0.25) is 0 Å². The fourth-order valence-electron chi connectivity index (χ4n) is 3.10. The van der Waals surface area contributed by atoms with Gasteiger partial charge in [-0.1, -0.05) is 12.1 Å². The van der Waals surface area contributed by atoms with E-state index >= 15 is 0 Å². The van der Waals surface area contributed by atoms with Crippen LogP contribution < -0.4 is 19.5 Å². The summed E-state index contributed by atoms with van der Waals surface area (Å²) in [5.74, 6) is 3.29. The molecule has 0 saturated heterocycles. The van der Waals surface area contributed by atoms with Gasteiger partial charge in [0.05, 0.1) is 26.9 Å². The van der Waals surface area contributed by atoms with Gasteiger partial charge in [-0.25, -0.2) is 4.98 Å². The molecular weight excluding hydrogens is 354 g/mol. The van der Waals surface area contributed by atoms with E-state index in [1.807, 2.05) is 55.1 Å². The van der Waals surface area contributed by atoms with Gasteiger partial charge in [0, 0.05) is 32.1 Å². The first-order chi connectivity index (χ1) is 13.6. The molecule has 1 aromatic heterocycles. The number of rotatable bonds is 9. The quantitative estimate of drug-likeness (QED) is 0.612. The largest absolute Gasteiger partial charge is 0.497 e. The lowest BCUT2D eigenvalue weighted by atomic mass is 10.0. The molecule has 148 valence electrons. The van der Waals surface area contributed by atoms with Crippen LogP contribution in [0.4, 0.5) is 0 Å². The summed E-state index contributed by atoms with van der Waals surface area (Å²) < 4.78 is 18.4. The van der Waals surface area contributed by atoms with Gasteiger partial charge in [0.1, 0.15) is 23.1 Å². The summed E-state index contributed by atoms with van der Waals surface area (Å²) >= 11 is 0. The average molecular weight is 381 g/mol. The number of ether oxygens (including phenoxy) is 3. The van der Waals surface area contributed by atoms with Crippen LogP contribution in [0.15, 0.2) is 54.9 Å².